The lowest BCUT2D eigenvalue weighted by Gasteiger charge is -2.23. The van der Waals surface area contributed by atoms with E-state index in [1.165, 1.54) is 0 Å². The predicted molar refractivity (Wildman–Crippen MR) is 82.5 cm³/mol. The second-order valence-electron chi connectivity index (χ2n) is 6.14. The molecule has 4 nitrogen and oxygen atoms in total. The zero-order valence-corrected chi connectivity index (χ0v) is 12.8. The summed E-state index contributed by atoms with van der Waals surface area (Å²) in [5.41, 5.74) is 7.51. The van der Waals surface area contributed by atoms with Crippen molar-refractivity contribution in [2.24, 2.45) is 5.92 Å². The van der Waals surface area contributed by atoms with Crippen LogP contribution in [0.4, 0.5) is 5.69 Å². The van der Waals surface area contributed by atoms with Crippen LogP contribution in [0.1, 0.15) is 25.3 Å². The molecule has 2 N–H and O–H groups in total. The van der Waals surface area contributed by atoms with Crippen molar-refractivity contribution in [1.29, 1.82) is 0 Å². The molecule has 1 fully saturated rings. The number of nitrogen functional groups attached to an aromatic ring is 1. The van der Waals surface area contributed by atoms with Crippen LogP contribution >= 0.6 is 0 Å². The highest BCUT2D eigenvalue weighted by Gasteiger charge is 2.35. The van der Waals surface area contributed by atoms with E-state index in [1.54, 1.807) is 0 Å². The number of nitrogens with two attached hydrogens (primary N) is 1. The molecule has 0 aromatic heterocycles. The molecule has 4 heteroatoms. The number of amides is 1. The van der Waals surface area contributed by atoms with Gasteiger partial charge >= 0.3 is 0 Å². The third-order valence-corrected chi connectivity index (χ3v) is 4.33. The van der Waals surface area contributed by atoms with Crippen molar-refractivity contribution < 1.29 is 4.79 Å². The lowest BCUT2D eigenvalue weighted by molar-refractivity contribution is -0.131. The van der Waals surface area contributed by atoms with Crippen molar-refractivity contribution in [2.75, 3.05) is 32.9 Å². The minimum atomic E-state index is -0.133. The third-order valence-electron chi connectivity index (χ3n) is 4.33. The topological polar surface area (TPSA) is 49.6 Å². The molecule has 3 unspecified atom stereocenters. The van der Waals surface area contributed by atoms with E-state index in [0.717, 1.165) is 18.7 Å². The number of benzene rings is 1. The monoisotopic (exact) mass is 275 g/mol. The van der Waals surface area contributed by atoms with E-state index in [1.807, 2.05) is 36.1 Å². The number of likely N-dealkylation sites (tertiary alicyclic amines) is 1. The van der Waals surface area contributed by atoms with Crippen LogP contribution in [0.15, 0.2) is 24.3 Å². The molecule has 1 aliphatic rings. The van der Waals surface area contributed by atoms with E-state index in [-0.39, 0.29) is 11.8 Å². The van der Waals surface area contributed by atoms with E-state index in [2.05, 4.69) is 25.9 Å². The number of carbonyl (C=O) groups excluding carboxylic acids is 1. The number of nitrogens with zero attached hydrogens (tertiary/aromatic N) is 2. The van der Waals surface area contributed by atoms with Crippen molar-refractivity contribution in [3.8, 4) is 0 Å². The number of rotatable bonds is 3. The van der Waals surface area contributed by atoms with Gasteiger partial charge in [-0.1, -0.05) is 19.1 Å². The quantitative estimate of drug-likeness (QED) is 0.856. The fourth-order valence-corrected chi connectivity index (χ4v) is 3.05. The van der Waals surface area contributed by atoms with Crippen LogP contribution in [0, 0.1) is 5.92 Å². The molecule has 2 rings (SSSR count). The molecule has 20 heavy (non-hydrogen) atoms. The second kappa shape index (κ2) is 5.83. The molecule has 1 amide bonds. The van der Waals surface area contributed by atoms with Crippen molar-refractivity contribution in [1.82, 2.24) is 9.80 Å². The van der Waals surface area contributed by atoms with Gasteiger partial charge in [-0.2, -0.15) is 0 Å². The van der Waals surface area contributed by atoms with E-state index < -0.39 is 0 Å². The Kier molecular flexibility index (Phi) is 4.33. The maximum absolute atomic E-state index is 12.6. The molecule has 1 aromatic carbocycles. The number of anilines is 1. The molecule has 1 aliphatic heterocycles. The zero-order chi connectivity index (χ0) is 14.9. The summed E-state index contributed by atoms with van der Waals surface area (Å²) >= 11 is 0. The number of likely N-dealkylation sites (N-methyl/N-ethyl adjacent to an activating group) is 1. The first-order valence-electron chi connectivity index (χ1n) is 7.20. The summed E-state index contributed by atoms with van der Waals surface area (Å²) in [6.45, 7) is 5.84. The van der Waals surface area contributed by atoms with Gasteiger partial charge in [0, 0.05) is 24.8 Å². The van der Waals surface area contributed by atoms with E-state index in [9.17, 15) is 4.79 Å². The van der Waals surface area contributed by atoms with Gasteiger partial charge in [0.15, 0.2) is 0 Å². The van der Waals surface area contributed by atoms with Crippen LogP contribution in [0.2, 0.25) is 0 Å². The molecule has 0 radical (unpaired) electrons. The average molecular weight is 275 g/mol. The van der Waals surface area contributed by atoms with Gasteiger partial charge in [0.2, 0.25) is 5.91 Å². The molecule has 110 valence electrons. The van der Waals surface area contributed by atoms with Gasteiger partial charge in [-0.05, 0) is 44.6 Å². The maximum atomic E-state index is 12.6. The van der Waals surface area contributed by atoms with Gasteiger partial charge in [0.1, 0.15) is 0 Å². The molecule has 0 saturated carbocycles. The summed E-state index contributed by atoms with van der Waals surface area (Å²) in [7, 11) is 4.16. The van der Waals surface area contributed by atoms with Gasteiger partial charge < -0.3 is 15.5 Å². The normalized spacial score (nSPS) is 24.1. The molecule has 3 atom stereocenters. The first-order chi connectivity index (χ1) is 9.40. The van der Waals surface area contributed by atoms with E-state index >= 15 is 0 Å². The lowest BCUT2D eigenvalue weighted by atomic mass is 9.99. The minimum Gasteiger partial charge on any atom is -0.399 e. The smallest absolute Gasteiger partial charge is 0.229 e. The lowest BCUT2D eigenvalue weighted by Crippen LogP contribution is -2.37. The molecule has 0 aliphatic carbocycles. The van der Waals surface area contributed by atoms with E-state index in [4.69, 9.17) is 5.73 Å². The third kappa shape index (κ3) is 2.96. The Balaban J connectivity index is 2.09. The number of carbonyl (C=O) groups is 1. The van der Waals surface area contributed by atoms with Gasteiger partial charge in [0.25, 0.3) is 0 Å². The van der Waals surface area contributed by atoms with Crippen molar-refractivity contribution >= 4 is 11.6 Å². The highest BCUT2D eigenvalue weighted by molar-refractivity contribution is 5.84. The highest BCUT2D eigenvalue weighted by atomic mass is 16.2. The van der Waals surface area contributed by atoms with Crippen molar-refractivity contribution in [2.45, 2.75) is 25.8 Å². The van der Waals surface area contributed by atoms with Crippen molar-refractivity contribution in [3.05, 3.63) is 29.8 Å². The number of hydrogen-bond donors (Lipinski definition) is 1. The standard InChI is InChI=1S/C16H25N3O/c1-11-9-19(10-15(11)18(3)4)16(20)12(2)13-6-5-7-14(17)8-13/h5-8,11-12,15H,9-10,17H2,1-4H3. The second-order valence-corrected chi connectivity index (χ2v) is 6.14. The Hall–Kier alpha value is -1.55. The molecule has 0 bridgehead atoms. The van der Waals surface area contributed by atoms with E-state index in [0.29, 0.717) is 17.6 Å². The first kappa shape index (κ1) is 14.9. The Bertz CT molecular complexity index is 486. The molecule has 1 heterocycles. The van der Waals surface area contributed by atoms with Crippen LogP contribution in [-0.2, 0) is 4.79 Å². The van der Waals surface area contributed by atoms with Gasteiger partial charge in [-0.15, -0.1) is 0 Å². The Morgan fingerprint density at radius 3 is 2.65 bits per heavy atom. The zero-order valence-electron chi connectivity index (χ0n) is 12.8. The summed E-state index contributed by atoms with van der Waals surface area (Å²) < 4.78 is 0. The molecule has 1 saturated heterocycles. The highest BCUT2D eigenvalue weighted by Crippen LogP contribution is 2.26. The summed E-state index contributed by atoms with van der Waals surface area (Å²) in [5.74, 6) is 0.584. The van der Waals surface area contributed by atoms with Crippen molar-refractivity contribution in [3.63, 3.8) is 0 Å². The Labute approximate surface area is 121 Å². The maximum Gasteiger partial charge on any atom is 0.229 e. The molecular weight excluding hydrogens is 250 g/mol. The van der Waals surface area contributed by atoms with Crippen LogP contribution in [0.3, 0.4) is 0 Å². The Morgan fingerprint density at radius 1 is 1.40 bits per heavy atom. The fourth-order valence-electron chi connectivity index (χ4n) is 3.05. The average Bonchev–Trinajstić information content (AvgIpc) is 2.79. The van der Waals surface area contributed by atoms with Crippen LogP contribution < -0.4 is 5.73 Å². The minimum absolute atomic E-state index is 0.133. The largest absolute Gasteiger partial charge is 0.399 e. The summed E-state index contributed by atoms with van der Waals surface area (Å²) in [5, 5.41) is 0. The first-order valence-corrected chi connectivity index (χ1v) is 7.20. The summed E-state index contributed by atoms with van der Waals surface area (Å²) in [6.07, 6.45) is 0. The SMILES string of the molecule is CC(C(=O)N1CC(C)C(N(C)C)C1)c1cccc(N)c1. The van der Waals surface area contributed by atoms with Crippen LogP contribution in [0.5, 0.6) is 0 Å². The molecule has 0 spiro atoms. The summed E-state index contributed by atoms with van der Waals surface area (Å²) in [4.78, 5) is 16.8. The molecular formula is C16H25N3O. The summed E-state index contributed by atoms with van der Waals surface area (Å²) in [6, 6.07) is 8.07. The number of hydrogen-bond acceptors (Lipinski definition) is 3. The fraction of sp³-hybridized carbons (Fsp3) is 0.562. The van der Waals surface area contributed by atoms with Gasteiger partial charge in [0.05, 0.1) is 5.92 Å². The predicted octanol–water partition coefficient (Wildman–Crippen LogP) is 1.78. The Morgan fingerprint density at radius 2 is 2.10 bits per heavy atom. The van der Waals surface area contributed by atoms with Gasteiger partial charge in [-0.3, -0.25) is 4.79 Å². The molecule has 1 aromatic rings. The van der Waals surface area contributed by atoms with Gasteiger partial charge in [-0.25, -0.2) is 0 Å². The van der Waals surface area contributed by atoms with Crippen LogP contribution in [-0.4, -0.2) is 48.9 Å². The van der Waals surface area contributed by atoms with Crippen LogP contribution in [0.25, 0.3) is 0 Å².